The van der Waals surface area contributed by atoms with Gasteiger partial charge < -0.3 is 15.3 Å². The summed E-state index contributed by atoms with van der Waals surface area (Å²) in [4.78, 5) is 15.8. The highest BCUT2D eigenvalue weighted by molar-refractivity contribution is 7.14. The first-order chi connectivity index (χ1) is 10.0. The molecule has 5 heteroatoms. The first-order valence-electron chi connectivity index (χ1n) is 7.17. The zero-order chi connectivity index (χ0) is 15.7. The molecule has 0 aliphatic heterocycles. The van der Waals surface area contributed by atoms with Crippen molar-refractivity contribution in [3.05, 3.63) is 21.4 Å². The van der Waals surface area contributed by atoms with E-state index in [-0.39, 0.29) is 12.5 Å². The fraction of sp³-hybridized carbons (Fsp3) is 0.562. The number of amides is 1. The molecule has 1 aromatic heterocycles. The number of unbranched alkanes of at least 4 members (excludes halogenated alkanes) is 1. The van der Waals surface area contributed by atoms with Gasteiger partial charge in [0, 0.05) is 13.0 Å². The third-order valence-corrected chi connectivity index (χ3v) is 4.05. The third-order valence-electron chi connectivity index (χ3n) is 2.90. The number of aliphatic hydroxyl groups is 1. The van der Waals surface area contributed by atoms with Crippen molar-refractivity contribution in [1.82, 2.24) is 10.2 Å². The SMILES string of the molecule is Cc1cc(C(=O)NCCCCN(C)C)sc1C#CCCO. The van der Waals surface area contributed by atoms with E-state index in [2.05, 4.69) is 22.1 Å². The van der Waals surface area contributed by atoms with Crippen LogP contribution in [0.1, 0.15) is 39.4 Å². The quantitative estimate of drug-likeness (QED) is 0.597. The van der Waals surface area contributed by atoms with E-state index in [1.807, 2.05) is 27.1 Å². The summed E-state index contributed by atoms with van der Waals surface area (Å²) >= 11 is 1.41. The van der Waals surface area contributed by atoms with Crippen LogP contribution < -0.4 is 5.32 Å². The first kappa shape index (κ1) is 17.7. The van der Waals surface area contributed by atoms with E-state index in [1.165, 1.54) is 11.3 Å². The van der Waals surface area contributed by atoms with Crippen molar-refractivity contribution in [2.24, 2.45) is 0 Å². The molecule has 0 saturated carbocycles. The Bertz CT molecular complexity index is 512. The number of carbonyl (C=O) groups is 1. The number of carbonyl (C=O) groups excluding carboxylic acids is 1. The Balaban J connectivity index is 2.45. The van der Waals surface area contributed by atoms with Gasteiger partial charge in [-0.2, -0.15) is 0 Å². The lowest BCUT2D eigenvalue weighted by atomic mass is 10.2. The molecular weight excluding hydrogens is 284 g/mol. The molecule has 21 heavy (non-hydrogen) atoms. The van der Waals surface area contributed by atoms with E-state index >= 15 is 0 Å². The minimum Gasteiger partial charge on any atom is -0.395 e. The highest BCUT2D eigenvalue weighted by atomic mass is 32.1. The Labute approximate surface area is 131 Å². The van der Waals surface area contributed by atoms with Gasteiger partial charge in [0.1, 0.15) is 0 Å². The largest absolute Gasteiger partial charge is 0.395 e. The van der Waals surface area contributed by atoms with Crippen molar-refractivity contribution in [2.75, 3.05) is 33.8 Å². The molecule has 0 radical (unpaired) electrons. The number of nitrogens with one attached hydrogen (secondary N) is 1. The van der Waals surface area contributed by atoms with Crippen molar-refractivity contribution in [2.45, 2.75) is 26.2 Å². The molecule has 0 spiro atoms. The molecule has 0 aromatic carbocycles. The lowest BCUT2D eigenvalue weighted by molar-refractivity contribution is 0.0957. The fourth-order valence-electron chi connectivity index (χ4n) is 1.76. The van der Waals surface area contributed by atoms with Crippen LogP contribution in [0.4, 0.5) is 0 Å². The van der Waals surface area contributed by atoms with E-state index in [1.54, 1.807) is 0 Å². The summed E-state index contributed by atoms with van der Waals surface area (Å²) in [7, 11) is 4.10. The molecule has 0 bridgehead atoms. The minimum absolute atomic E-state index is 0.0249. The molecule has 0 saturated heterocycles. The van der Waals surface area contributed by atoms with E-state index in [9.17, 15) is 4.79 Å². The first-order valence-corrected chi connectivity index (χ1v) is 7.99. The van der Waals surface area contributed by atoms with Gasteiger partial charge >= 0.3 is 0 Å². The maximum absolute atomic E-state index is 12.0. The van der Waals surface area contributed by atoms with Gasteiger partial charge in [-0.3, -0.25) is 4.79 Å². The molecule has 116 valence electrons. The summed E-state index contributed by atoms with van der Waals surface area (Å²) < 4.78 is 0. The van der Waals surface area contributed by atoms with Gasteiger partial charge in [-0.15, -0.1) is 11.3 Å². The minimum atomic E-state index is -0.0249. The molecule has 0 aliphatic rings. The number of aliphatic hydroxyl groups excluding tert-OH is 1. The standard InChI is InChI=1S/C16H24N2O2S/c1-13-12-15(21-14(13)8-4-7-11-19)16(20)17-9-5-6-10-18(2)3/h12,19H,5-7,9-11H2,1-3H3,(H,17,20). The summed E-state index contributed by atoms with van der Waals surface area (Å²) in [5.41, 5.74) is 1.02. The summed E-state index contributed by atoms with van der Waals surface area (Å²) in [6.45, 7) is 3.76. The molecule has 4 nitrogen and oxygen atoms in total. The van der Waals surface area contributed by atoms with Crippen LogP contribution in [-0.2, 0) is 0 Å². The van der Waals surface area contributed by atoms with E-state index in [4.69, 9.17) is 5.11 Å². The van der Waals surface area contributed by atoms with Crippen LogP contribution in [0.2, 0.25) is 0 Å². The van der Waals surface area contributed by atoms with Crippen molar-refractivity contribution in [3.63, 3.8) is 0 Å². The molecular formula is C16H24N2O2S. The molecule has 1 aromatic rings. The maximum Gasteiger partial charge on any atom is 0.261 e. The van der Waals surface area contributed by atoms with E-state index in [0.29, 0.717) is 17.8 Å². The zero-order valence-corrected chi connectivity index (χ0v) is 13.8. The normalized spacial score (nSPS) is 10.3. The van der Waals surface area contributed by atoms with Gasteiger partial charge in [0.2, 0.25) is 0 Å². The van der Waals surface area contributed by atoms with Gasteiger partial charge in [-0.05, 0) is 52.0 Å². The zero-order valence-electron chi connectivity index (χ0n) is 13.0. The Kier molecular flexibility index (Phi) is 8.06. The van der Waals surface area contributed by atoms with Crippen molar-refractivity contribution in [1.29, 1.82) is 0 Å². The molecule has 0 fully saturated rings. The molecule has 0 unspecified atom stereocenters. The van der Waals surface area contributed by atoms with Crippen LogP contribution in [0.15, 0.2) is 6.07 Å². The average Bonchev–Trinajstić information content (AvgIpc) is 2.80. The lowest BCUT2D eigenvalue weighted by Gasteiger charge is -2.08. The smallest absolute Gasteiger partial charge is 0.261 e. The highest BCUT2D eigenvalue weighted by Crippen LogP contribution is 2.20. The second-order valence-corrected chi connectivity index (χ2v) is 6.22. The molecule has 1 amide bonds. The lowest BCUT2D eigenvalue weighted by Crippen LogP contribution is -2.24. The number of nitrogens with zero attached hydrogens (tertiary/aromatic N) is 1. The monoisotopic (exact) mass is 308 g/mol. The van der Waals surface area contributed by atoms with E-state index in [0.717, 1.165) is 29.8 Å². The number of hydrogen-bond donors (Lipinski definition) is 2. The molecule has 0 aliphatic carbocycles. The van der Waals surface area contributed by atoms with Gasteiger partial charge in [0.15, 0.2) is 0 Å². The maximum atomic E-state index is 12.0. The molecule has 2 N–H and O–H groups in total. The Hall–Kier alpha value is -1.35. The summed E-state index contributed by atoms with van der Waals surface area (Å²) in [5.74, 6) is 5.87. The number of aryl methyl sites for hydroxylation is 1. The molecule has 1 heterocycles. The highest BCUT2D eigenvalue weighted by Gasteiger charge is 2.10. The Morgan fingerprint density at radius 1 is 1.43 bits per heavy atom. The van der Waals surface area contributed by atoms with E-state index < -0.39 is 0 Å². The van der Waals surface area contributed by atoms with Crippen LogP contribution in [0.25, 0.3) is 0 Å². The third kappa shape index (κ3) is 6.76. The summed E-state index contributed by atoms with van der Waals surface area (Å²) in [6, 6.07) is 1.88. The fourth-order valence-corrected chi connectivity index (χ4v) is 2.72. The summed E-state index contributed by atoms with van der Waals surface area (Å²) in [6.07, 6.45) is 2.52. The van der Waals surface area contributed by atoms with Crippen molar-refractivity contribution < 1.29 is 9.90 Å². The van der Waals surface area contributed by atoms with Crippen molar-refractivity contribution in [3.8, 4) is 11.8 Å². The predicted molar refractivity (Wildman–Crippen MR) is 87.8 cm³/mol. The van der Waals surface area contributed by atoms with Crippen LogP contribution in [0.5, 0.6) is 0 Å². The topological polar surface area (TPSA) is 52.6 Å². The van der Waals surface area contributed by atoms with Crippen molar-refractivity contribution >= 4 is 17.2 Å². The second-order valence-electron chi connectivity index (χ2n) is 5.16. The van der Waals surface area contributed by atoms with Crippen LogP contribution >= 0.6 is 11.3 Å². The van der Waals surface area contributed by atoms with Gasteiger partial charge in [0.05, 0.1) is 16.4 Å². The van der Waals surface area contributed by atoms with Gasteiger partial charge in [-0.1, -0.05) is 11.8 Å². The number of thiophene rings is 1. The van der Waals surface area contributed by atoms with Gasteiger partial charge in [-0.25, -0.2) is 0 Å². The van der Waals surface area contributed by atoms with Gasteiger partial charge in [0.25, 0.3) is 5.91 Å². The number of rotatable bonds is 7. The molecule has 0 atom stereocenters. The van der Waals surface area contributed by atoms with Crippen LogP contribution in [-0.4, -0.2) is 49.7 Å². The average molecular weight is 308 g/mol. The van der Waals surface area contributed by atoms with Crippen LogP contribution in [0, 0.1) is 18.8 Å². The Morgan fingerprint density at radius 3 is 2.86 bits per heavy atom. The predicted octanol–water partition coefficient (Wildman–Crippen LogP) is 1.86. The molecule has 1 rings (SSSR count). The summed E-state index contributed by atoms with van der Waals surface area (Å²) in [5, 5.41) is 11.7. The Morgan fingerprint density at radius 2 is 2.19 bits per heavy atom. The number of hydrogen-bond acceptors (Lipinski definition) is 4. The second kappa shape index (κ2) is 9.56. The van der Waals surface area contributed by atoms with Crippen LogP contribution in [0.3, 0.4) is 0 Å².